The highest BCUT2D eigenvalue weighted by molar-refractivity contribution is 6.51. The first-order valence-electron chi connectivity index (χ1n) is 3.55. The molecule has 1 aliphatic carbocycles. The Kier molecular flexibility index (Phi) is 1.61. The van der Waals surface area contributed by atoms with Crippen LogP contribution in [-0.4, -0.2) is 5.94 Å². The second-order valence-electron chi connectivity index (χ2n) is 2.56. The van der Waals surface area contributed by atoms with Gasteiger partial charge in [0.15, 0.2) is 0 Å². The van der Waals surface area contributed by atoms with E-state index in [4.69, 9.17) is 11.6 Å². The second-order valence-corrected chi connectivity index (χ2v) is 2.94. The molecule has 1 nitrogen and oxygen atoms in total. The summed E-state index contributed by atoms with van der Waals surface area (Å²) >= 11 is 5.89. The van der Waals surface area contributed by atoms with Gasteiger partial charge in [-0.3, -0.25) is 0 Å². The van der Waals surface area contributed by atoms with E-state index in [-0.39, 0.29) is 0 Å². The molecule has 0 atom stereocenters. The van der Waals surface area contributed by atoms with Crippen molar-refractivity contribution in [3.8, 4) is 0 Å². The Hall–Kier alpha value is -1.30. The molecule has 0 saturated heterocycles. The molecule has 0 aliphatic heterocycles. The molecule has 1 aliphatic rings. The van der Waals surface area contributed by atoms with Crippen LogP contribution in [0.4, 0.5) is 0 Å². The molecule has 1 aromatic rings. The third kappa shape index (κ3) is 0.918. The van der Waals surface area contributed by atoms with Crippen LogP contribution in [0.1, 0.15) is 0 Å². The molecule has 0 aromatic heterocycles. The minimum absolute atomic E-state index is 0.442. The van der Waals surface area contributed by atoms with Crippen LogP contribution in [0.15, 0.2) is 29.8 Å². The molecule has 12 heavy (non-hydrogen) atoms. The number of hydrogen-bond donors (Lipinski definition) is 0. The summed E-state index contributed by atoms with van der Waals surface area (Å²) in [6.07, 6.45) is 1.74. The topological polar surface area (TPSA) is 17.1 Å². The molecule has 0 saturated carbocycles. The molecule has 58 valence electrons. The van der Waals surface area contributed by atoms with Gasteiger partial charge in [-0.1, -0.05) is 35.9 Å². The summed E-state index contributed by atoms with van der Waals surface area (Å²) in [4.78, 5) is 10.4. The van der Waals surface area contributed by atoms with Crippen molar-refractivity contribution < 1.29 is 4.79 Å². The van der Waals surface area contributed by atoms with Crippen molar-refractivity contribution in [2.24, 2.45) is 0 Å². The number of fused-ring (bicyclic) bond motifs is 1. The van der Waals surface area contributed by atoms with Crippen molar-refractivity contribution in [3.63, 3.8) is 0 Å². The van der Waals surface area contributed by atoms with E-state index < -0.39 is 0 Å². The molecule has 0 unspecified atom stereocenters. The number of rotatable bonds is 0. The monoisotopic (exact) mass is 176 g/mol. The van der Waals surface area contributed by atoms with Gasteiger partial charge in [-0.05, 0) is 11.3 Å². The molecule has 0 bridgehead atoms. The SMILES string of the molecule is O=C=C1C=c2ccccc2=C1Cl. The van der Waals surface area contributed by atoms with Crippen LogP contribution in [-0.2, 0) is 4.79 Å². The smallest absolute Gasteiger partial charge is 0.134 e. The lowest BCUT2D eigenvalue weighted by Crippen LogP contribution is -2.20. The summed E-state index contributed by atoms with van der Waals surface area (Å²) in [6.45, 7) is 0. The minimum atomic E-state index is 0.442. The van der Waals surface area contributed by atoms with Crippen molar-refractivity contribution in [3.05, 3.63) is 40.3 Å². The van der Waals surface area contributed by atoms with Gasteiger partial charge in [0.1, 0.15) is 5.94 Å². The zero-order valence-corrected chi connectivity index (χ0v) is 6.93. The molecule has 0 spiro atoms. The summed E-state index contributed by atoms with van der Waals surface area (Å²) in [7, 11) is 0. The van der Waals surface area contributed by atoms with Gasteiger partial charge in [0, 0.05) is 5.22 Å². The largest absolute Gasteiger partial charge is 0.233 e. The molecule has 2 heteroatoms. The fraction of sp³-hybridized carbons (Fsp3) is 0. The van der Waals surface area contributed by atoms with E-state index in [0.29, 0.717) is 10.6 Å². The Labute approximate surface area is 74.3 Å². The highest BCUT2D eigenvalue weighted by Crippen LogP contribution is 2.14. The van der Waals surface area contributed by atoms with Gasteiger partial charge in [0.25, 0.3) is 0 Å². The first-order chi connectivity index (χ1) is 5.83. The van der Waals surface area contributed by atoms with Crippen LogP contribution in [0.3, 0.4) is 0 Å². The minimum Gasteiger partial charge on any atom is -0.233 e. The third-order valence-corrected chi connectivity index (χ3v) is 2.25. The lowest BCUT2D eigenvalue weighted by Gasteiger charge is -1.85. The Balaban J connectivity index is 2.99. The highest BCUT2D eigenvalue weighted by Gasteiger charge is 2.07. The van der Waals surface area contributed by atoms with E-state index in [1.54, 1.807) is 12.0 Å². The number of allylic oxidation sites excluding steroid dienone is 1. The highest BCUT2D eigenvalue weighted by atomic mass is 35.5. The van der Waals surface area contributed by atoms with Gasteiger partial charge in [-0.15, -0.1) is 0 Å². The van der Waals surface area contributed by atoms with Crippen molar-refractivity contribution in [2.45, 2.75) is 0 Å². The van der Waals surface area contributed by atoms with Crippen molar-refractivity contribution >= 4 is 28.7 Å². The maximum absolute atomic E-state index is 10.4. The fourth-order valence-corrected chi connectivity index (χ4v) is 1.53. The van der Waals surface area contributed by atoms with E-state index in [0.717, 1.165) is 10.4 Å². The quantitative estimate of drug-likeness (QED) is 0.529. The van der Waals surface area contributed by atoms with Gasteiger partial charge >= 0.3 is 0 Å². The third-order valence-electron chi connectivity index (χ3n) is 1.84. The first-order valence-corrected chi connectivity index (χ1v) is 3.93. The average Bonchev–Trinajstić information content (AvgIpc) is 2.44. The molecular weight excluding hydrogens is 172 g/mol. The van der Waals surface area contributed by atoms with Crippen LogP contribution in [0.2, 0.25) is 0 Å². The van der Waals surface area contributed by atoms with Gasteiger partial charge in [0.05, 0.1) is 10.6 Å². The first kappa shape index (κ1) is 7.35. The number of carbonyl (C=O) groups excluding carboxylic acids is 1. The van der Waals surface area contributed by atoms with Crippen molar-refractivity contribution in [1.82, 2.24) is 0 Å². The summed E-state index contributed by atoms with van der Waals surface area (Å²) < 4.78 is 0. The Morgan fingerprint density at radius 2 is 2.00 bits per heavy atom. The number of halogens is 1. The summed E-state index contributed by atoms with van der Waals surface area (Å²) in [5.41, 5.74) is 0.442. The zero-order chi connectivity index (χ0) is 8.55. The van der Waals surface area contributed by atoms with Gasteiger partial charge in [-0.2, -0.15) is 0 Å². The Morgan fingerprint density at radius 3 is 2.67 bits per heavy atom. The average molecular weight is 177 g/mol. The maximum Gasteiger partial charge on any atom is 0.134 e. The Bertz CT molecular complexity index is 493. The molecule has 0 radical (unpaired) electrons. The normalized spacial score (nSPS) is 13.8. The van der Waals surface area contributed by atoms with E-state index in [9.17, 15) is 4.79 Å². The predicted octanol–water partition coefficient (Wildman–Crippen LogP) is 0.586. The lowest BCUT2D eigenvalue weighted by atomic mass is 10.3. The van der Waals surface area contributed by atoms with Crippen LogP contribution < -0.4 is 10.4 Å². The predicted molar refractivity (Wildman–Crippen MR) is 48.6 cm³/mol. The maximum atomic E-state index is 10.4. The standard InChI is InChI=1S/C10H5ClO/c11-10-8(6-12)5-7-3-1-2-4-9(7)10/h1-5H. The number of benzene rings is 1. The van der Waals surface area contributed by atoms with Crippen LogP contribution in [0, 0.1) is 0 Å². The van der Waals surface area contributed by atoms with E-state index in [1.165, 1.54) is 0 Å². The summed E-state index contributed by atoms with van der Waals surface area (Å²) in [5.74, 6) is 1.80. The van der Waals surface area contributed by atoms with E-state index >= 15 is 0 Å². The molecular formula is C10H5ClO. The molecule has 0 amide bonds. The molecule has 0 heterocycles. The molecule has 1 aromatic carbocycles. The fourth-order valence-electron chi connectivity index (χ4n) is 1.26. The second kappa shape index (κ2) is 2.63. The molecule has 0 fully saturated rings. The molecule has 2 rings (SSSR count). The van der Waals surface area contributed by atoms with Gasteiger partial charge in [0.2, 0.25) is 0 Å². The van der Waals surface area contributed by atoms with Crippen molar-refractivity contribution in [2.75, 3.05) is 0 Å². The molecule has 0 N–H and O–H groups in total. The van der Waals surface area contributed by atoms with Gasteiger partial charge < -0.3 is 0 Å². The number of hydrogen-bond acceptors (Lipinski definition) is 1. The summed E-state index contributed by atoms with van der Waals surface area (Å²) in [6, 6.07) is 7.61. The Morgan fingerprint density at radius 1 is 1.25 bits per heavy atom. The zero-order valence-electron chi connectivity index (χ0n) is 6.17. The van der Waals surface area contributed by atoms with Crippen molar-refractivity contribution in [1.29, 1.82) is 0 Å². The van der Waals surface area contributed by atoms with E-state index in [2.05, 4.69) is 0 Å². The van der Waals surface area contributed by atoms with E-state index in [1.807, 2.05) is 24.3 Å². The van der Waals surface area contributed by atoms with Gasteiger partial charge in [-0.25, -0.2) is 4.79 Å². The van der Waals surface area contributed by atoms with Crippen LogP contribution in [0.5, 0.6) is 0 Å². The van der Waals surface area contributed by atoms with Crippen LogP contribution in [0.25, 0.3) is 11.1 Å². The lowest BCUT2D eigenvalue weighted by molar-refractivity contribution is 0.568. The van der Waals surface area contributed by atoms with Crippen LogP contribution >= 0.6 is 11.6 Å². The summed E-state index contributed by atoms with van der Waals surface area (Å²) in [5, 5.41) is 2.40.